The molecule has 3 heteroatoms. The van der Waals surface area contributed by atoms with Gasteiger partial charge in [-0.2, -0.15) is 0 Å². The molecule has 0 amide bonds. The number of hydrogen-bond acceptors (Lipinski definition) is 3. The summed E-state index contributed by atoms with van der Waals surface area (Å²) in [7, 11) is 0. The van der Waals surface area contributed by atoms with E-state index in [1.165, 1.54) is 5.56 Å². The molecule has 106 valence electrons. The molecular weight excluding hydrogens is 264 g/mol. The summed E-state index contributed by atoms with van der Waals surface area (Å²) in [4.78, 5) is 12.3. The zero-order chi connectivity index (χ0) is 14.6. The van der Waals surface area contributed by atoms with Gasteiger partial charge in [0.25, 0.3) is 0 Å². The van der Waals surface area contributed by atoms with Crippen molar-refractivity contribution in [2.45, 2.75) is 26.2 Å². The minimum absolute atomic E-state index is 0.0957. The van der Waals surface area contributed by atoms with Crippen molar-refractivity contribution >= 4 is 21.7 Å². The Bertz CT molecular complexity index is 921. The van der Waals surface area contributed by atoms with Gasteiger partial charge in [-0.05, 0) is 23.4 Å². The molecule has 0 bridgehead atoms. The quantitative estimate of drug-likeness (QED) is 0.499. The van der Waals surface area contributed by atoms with E-state index in [0.717, 1.165) is 22.6 Å². The number of rotatable bonds is 1. The SMILES string of the molecule is CCc1cccc2c1ccc1c3c(c(=O)oc12)C(C)CO3. The number of benzene rings is 2. The van der Waals surface area contributed by atoms with Gasteiger partial charge < -0.3 is 9.15 Å². The third-order valence-electron chi connectivity index (χ3n) is 4.36. The van der Waals surface area contributed by atoms with Crippen molar-refractivity contribution in [3.63, 3.8) is 0 Å². The van der Waals surface area contributed by atoms with Gasteiger partial charge in [0.1, 0.15) is 11.3 Å². The van der Waals surface area contributed by atoms with Crippen molar-refractivity contribution in [1.29, 1.82) is 0 Å². The maximum Gasteiger partial charge on any atom is 0.343 e. The van der Waals surface area contributed by atoms with Crippen molar-refractivity contribution in [2.75, 3.05) is 6.61 Å². The molecule has 0 aliphatic carbocycles. The summed E-state index contributed by atoms with van der Waals surface area (Å²) in [6.07, 6.45) is 0.950. The van der Waals surface area contributed by atoms with Crippen LogP contribution in [0.15, 0.2) is 39.5 Å². The van der Waals surface area contributed by atoms with Crippen LogP contribution in [0.4, 0.5) is 0 Å². The molecule has 0 spiro atoms. The lowest BCUT2D eigenvalue weighted by molar-refractivity contribution is 0.340. The van der Waals surface area contributed by atoms with Gasteiger partial charge in [-0.1, -0.05) is 38.1 Å². The fourth-order valence-corrected chi connectivity index (χ4v) is 3.25. The van der Waals surface area contributed by atoms with E-state index >= 15 is 0 Å². The summed E-state index contributed by atoms with van der Waals surface area (Å²) >= 11 is 0. The molecule has 2 aromatic carbocycles. The summed E-state index contributed by atoms with van der Waals surface area (Å²) in [5.74, 6) is 0.802. The van der Waals surface area contributed by atoms with Crippen LogP contribution in [-0.2, 0) is 6.42 Å². The van der Waals surface area contributed by atoms with Gasteiger partial charge in [0.15, 0.2) is 0 Å². The smallest absolute Gasteiger partial charge is 0.343 e. The molecule has 1 atom stereocenters. The van der Waals surface area contributed by atoms with Crippen molar-refractivity contribution in [2.24, 2.45) is 0 Å². The third kappa shape index (κ3) is 1.63. The van der Waals surface area contributed by atoms with Crippen LogP contribution < -0.4 is 10.4 Å². The first kappa shape index (κ1) is 12.5. The topological polar surface area (TPSA) is 39.4 Å². The van der Waals surface area contributed by atoms with Crippen molar-refractivity contribution in [1.82, 2.24) is 0 Å². The number of aryl methyl sites for hydroxylation is 1. The Hall–Kier alpha value is -2.29. The van der Waals surface area contributed by atoms with Crippen LogP contribution in [0.25, 0.3) is 21.7 Å². The standard InChI is InChI=1S/C18H16O3/c1-3-11-5-4-6-13-12(11)7-8-14-16(13)21-18(19)15-10(2)9-20-17(14)15/h4-8,10H,3,9H2,1-2H3. The van der Waals surface area contributed by atoms with Gasteiger partial charge >= 0.3 is 5.63 Å². The molecule has 0 saturated heterocycles. The van der Waals surface area contributed by atoms with E-state index in [9.17, 15) is 4.79 Å². The zero-order valence-electron chi connectivity index (χ0n) is 12.1. The Balaban J connectivity index is 2.19. The molecule has 0 saturated carbocycles. The van der Waals surface area contributed by atoms with Crippen LogP contribution in [-0.4, -0.2) is 6.61 Å². The molecule has 0 radical (unpaired) electrons. The maximum atomic E-state index is 12.3. The average Bonchev–Trinajstić information content (AvgIpc) is 2.89. The van der Waals surface area contributed by atoms with Crippen molar-refractivity contribution in [3.05, 3.63) is 51.9 Å². The molecule has 1 aliphatic rings. The van der Waals surface area contributed by atoms with Crippen LogP contribution in [0, 0.1) is 0 Å². The second kappa shape index (κ2) is 4.35. The minimum atomic E-state index is -0.267. The lowest BCUT2D eigenvalue weighted by Gasteiger charge is -2.09. The summed E-state index contributed by atoms with van der Waals surface area (Å²) in [5, 5.41) is 3.02. The Morgan fingerprint density at radius 1 is 1.14 bits per heavy atom. The largest absolute Gasteiger partial charge is 0.492 e. The highest BCUT2D eigenvalue weighted by Gasteiger charge is 2.28. The van der Waals surface area contributed by atoms with Gasteiger partial charge in [-0.3, -0.25) is 0 Å². The monoisotopic (exact) mass is 280 g/mol. The summed E-state index contributed by atoms with van der Waals surface area (Å²) in [6, 6.07) is 10.2. The van der Waals surface area contributed by atoms with Gasteiger partial charge in [0.05, 0.1) is 17.6 Å². The number of ether oxygens (including phenoxy) is 1. The van der Waals surface area contributed by atoms with E-state index in [1.807, 2.05) is 25.1 Å². The van der Waals surface area contributed by atoms with E-state index in [-0.39, 0.29) is 11.5 Å². The Morgan fingerprint density at radius 3 is 2.76 bits per heavy atom. The lowest BCUT2D eigenvalue weighted by Crippen LogP contribution is -2.07. The molecular formula is C18H16O3. The first-order chi connectivity index (χ1) is 10.2. The number of hydrogen-bond donors (Lipinski definition) is 0. The molecule has 21 heavy (non-hydrogen) atoms. The second-order valence-electron chi connectivity index (χ2n) is 5.65. The zero-order valence-corrected chi connectivity index (χ0v) is 12.1. The summed E-state index contributed by atoms with van der Waals surface area (Å²) in [5.41, 5.74) is 2.30. The highest BCUT2D eigenvalue weighted by molar-refractivity contribution is 6.07. The van der Waals surface area contributed by atoms with Gasteiger partial charge in [-0.15, -0.1) is 0 Å². The summed E-state index contributed by atoms with van der Waals surface area (Å²) in [6.45, 7) is 4.67. The molecule has 3 nitrogen and oxygen atoms in total. The normalized spacial score (nSPS) is 17.1. The molecule has 1 aromatic heterocycles. The first-order valence-electron chi connectivity index (χ1n) is 7.34. The highest BCUT2D eigenvalue weighted by atomic mass is 16.5. The third-order valence-corrected chi connectivity index (χ3v) is 4.36. The lowest BCUT2D eigenvalue weighted by atomic mass is 9.98. The molecule has 0 fully saturated rings. The minimum Gasteiger partial charge on any atom is -0.492 e. The van der Waals surface area contributed by atoms with Gasteiger partial charge in [0.2, 0.25) is 0 Å². The fourth-order valence-electron chi connectivity index (χ4n) is 3.25. The molecule has 4 rings (SSSR count). The molecule has 3 aromatic rings. The van der Waals surface area contributed by atoms with Crippen molar-refractivity contribution < 1.29 is 9.15 Å². The Kier molecular flexibility index (Phi) is 2.58. The molecule has 1 aliphatic heterocycles. The Morgan fingerprint density at radius 2 is 1.95 bits per heavy atom. The van der Waals surface area contributed by atoms with Crippen LogP contribution in [0.3, 0.4) is 0 Å². The van der Waals surface area contributed by atoms with Crippen LogP contribution in [0.5, 0.6) is 5.75 Å². The van der Waals surface area contributed by atoms with Crippen molar-refractivity contribution in [3.8, 4) is 5.75 Å². The van der Waals surface area contributed by atoms with Crippen LogP contribution in [0.1, 0.15) is 30.9 Å². The van der Waals surface area contributed by atoms with E-state index < -0.39 is 0 Å². The first-order valence-corrected chi connectivity index (χ1v) is 7.34. The average molecular weight is 280 g/mol. The second-order valence-corrected chi connectivity index (χ2v) is 5.65. The van der Waals surface area contributed by atoms with Crippen LogP contribution >= 0.6 is 0 Å². The fraction of sp³-hybridized carbons (Fsp3) is 0.278. The molecule has 1 unspecified atom stereocenters. The van der Waals surface area contributed by atoms with E-state index in [4.69, 9.17) is 9.15 Å². The highest BCUT2D eigenvalue weighted by Crippen LogP contribution is 2.39. The van der Waals surface area contributed by atoms with Gasteiger partial charge in [-0.25, -0.2) is 4.79 Å². The van der Waals surface area contributed by atoms with Gasteiger partial charge in [0, 0.05) is 11.3 Å². The Labute approximate surface area is 122 Å². The summed E-state index contributed by atoms with van der Waals surface area (Å²) < 4.78 is 11.4. The predicted octanol–water partition coefficient (Wildman–Crippen LogP) is 4.00. The van der Waals surface area contributed by atoms with E-state index in [0.29, 0.717) is 23.5 Å². The molecule has 2 heterocycles. The van der Waals surface area contributed by atoms with Crippen LogP contribution in [0.2, 0.25) is 0 Å². The van der Waals surface area contributed by atoms with E-state index in [2.05, 4.69) is 19.1 Å². The van der Waals surface area contributed by atoms with E-state index in [1.54, 1.807) is 0 Å². The molecule has 0 N–H and O–H groups in total. The predicted molar refractivity (Wildman–Crippen MR) is 83.3 cm³/mol. The maximum absolute atomic E-state index is 12.3. The number of fused-ring (bicyclic) bond motifs is 5.